The predicted octanol–water partition coefficient (Wildman–Crippen LogP) is 2.93. The van der Waals surface area contributed by atoms with Crippen LogP contribution >= 0.6 is 0 Å². The van der Waals surface area contributed by atoms with Gasteiger partial charge < -0.3 is 14.6 Å². The number of methoxy groups -OCH3 is 1. The van der Waals surface area contributed by atoms with Gasteiger partial charge in [-0.2, -0.15) is 4.98 Å². The molecular weight excluding hydrogens is 268 g/mol. The fourth-order valence-corrected chi connectivity index (χ4v) is 3.05. The molecule has 0 aliphatic heterocycles. The molecule has 1 aliphatic carbocycles. The van der Waals surface area contributed by atoms with Crippen molar-refractivity contribution in [3.8, 4) is 0 Å². The second-order valence-electron chi connectivity index (χ2n) is 6.27. The lowest BCUT2D eigenvalue weighted by Gasteiger charge is -2.37. The van der Waals surface area contributed by atoms with Crippen LogP contribution in [0.15, 0.2) is 10.9 Å². The van der Waals surface area contributed by atoms with E-state index in [1.807, 2.05) is 6.92 Å². The number of rotatable bonds is 4. The number of aryl methyl sites for hydroxylation is 1. The predicted molar refractivity (Wildman–Crippen MR) is 80.2 cm³/mol. The summed E-state index contributed by atoms with van der Waals surface area (Å²) in [6, 6.07) is 0. The molecule has 0 unspecified atom stereocenters. The summed E-state index contributed by atoms with van der Waals surface area (Å²) < 4.78 is 10.6. The van der Waals surface area contributed by atoms with Crippen LogP contribution in [0.5, 0.6) is 0 Å². The first-order valence-electron chi connectivity index (χ1n) is 7.45. The van der Waals surface area contributed by atoms with Crippen LogP contribution in [0.25, 0.3) is 11.1 Å². The highest BCUT2D eigenvalue weighted by molar-refractivity contribution is 5.87. The maximum Gasteiger partial charge on any atom is 0.263 e. The molecule has 0 atom stereocenters. The molecule has 1 aliphatic rings. The van der Waals surface area contributed by atoms with E-state index in [1.165, 1.54) is 6.33 Å². The van der Waals surface area contributed by atoms with E-state index in [0.29, 0.717) is 11.8 Å². The van der Waals surface area contributed by atoms with Gasteiger partial charge in [-0.25, -0.2) is 4.98 Å². The van der Waals surface area contributed by atoms with E-state index in [1.54, 1.807) is 7.11 Å². The van der Waals surface area contributed by atoms with Gasteiger partial charge in [0.1, 0.15) is 17.5 Å². The minimum Gasteiger partial charge on any atom is -0.381 e. The molecule has 6 heteroatoms. The minimum absolute atomic E-state index is 0.275. The molecule has 3 rings (SSSR count). The van der Waals surface area contributed by atoms with Crippen LogP contribution in [-0.4, -0.2) is 34.9 Å². The third-order valence-corrected chi connectivity index (χ3v) is 4.60. The Morgan fingerprint density at radius 2 is 2.14 bits per heavy atom. The van der Waals surface area contributed by atoms with Crippen LogP contribution < -0.4 is 5.32 Å². The van der Waals surface area contributed by atoms with Gasteiger partial charge in [0.25, 0.3) is 5.71 Å². The normalized spacial score (nSPS) is 26.1. The van der Waals surface area contributed by atoms with E-state index in [4.69, 9.17) is 9.26 Å². The molecular formula is C15H22N4O2. The van der Waals surface area contributed by atoms with Crippen molar-refractivity contribution in [1.82, 2.24) is 15.1 Å². The van der Waals surface area contributed by atoms with Crippen LogP contribution in [0.2, 0.25) is 0 Å². The van der Waals surface area contributed by atoms with E-state index in [0.717, 1.165) is 49.1 Å². The number of nitrogens with one attached hydrogen (secondary N) is 1. The number of anilines is 1. The van der Waals surface area contributed by atoms with Gasteiger partial charge in [-0.1, -0.05) is 12.1 Å². The second kappa shape index (κ2) is 5.60. The lowest BCUT2D eigenvalue weighted by atomic mass is 9.74. The molecule has 6 nitrogen and oxygen atoms in total. The monoisotopic (exact) mass is 290 g/mol. The Hall–Kier alpha value is -1.69. The van der Waals surface area contributed by atoms with Crippen LogP contribution in [0, 0.1) is 12.3 Å². The van der Waals surface area contributed by atoms with Crippen molar-refractivity contribution in [3.05, 3.63) is 12.0 Å². The Morgan fingerprint density at radius 1 is 1.38 bits per heavy atom. The highest BCUT2D eigenvalue weighted by Gasteiger charge is 2.31. The molecule has 1 N–H and O–H groups in total. The fourth-order valence-electron chi connectivity index (χ4n) is 3.05. The summed E-state index contributed by atoms with van der Waals surface area (Å²) in [7, 11) is 1.80. The largest absolute Gasteiger partial charge is 0.381 e. The summed E-state index contributed by atoms with van der Waals surface area (Å²) in [4.78, 5) is 8.44. The topological polar surface area (TPSA) is 73.1 Å². The van der Waals surface area contributed by atoms with Crippen molar-refractivity contribution < 1.29 is 9.26 Å². The summed E-state index contributed by atoms with van der Waals surface area (Å²) in [6.07, 6.45) is 6.51. The van der Waals surface area contributed by atoms with Crippen molar-refractivity contribution in [2.24, 2.45) is 5.41 Å². The Balaban J connectivity index is 1.71. The molecule has 2 aromatic rings. The maximum absolute atomic E-state index is 5.45. The first kappa shape index (κ1) is 14.3. The van der Waals surface area contributed by atoms with Gasteiger partial charge in [-0.3, -0.25) is 0 Å². The number of ether oxygens (including phenoxy) is 1. The average molecular weight is 290 g/mol. The van der Waals surface area contributed by atoms with Crippen molar-refractivity contribution in [2.45, 2.75) is 45.6 Å². The Bertz CT molecular complexity index is 617. The zero-order chi connectivity index (χ0) is 14.9. The van der Waals surface area contributed by atoms with Gasteiger partial charge >= 0.3 is 0 Å². The smallest absolute Gasteiger partial charge is 0.263 e. The van der Waals surface area contributed by atoms with Gasteiger partial charge in [0, 0.05) is 13.7 Å². The van der Waals surface area contributed by atoms with Crippen LogP contribution in [0.4, 0.5) is 5.82 Å². The average Bonchev–Trinajstić information content (AvgIpc) is 2.88. The summed E-state index contributed by atoms with van der Waals surface area (Å²) in [6.45, 7) is 5.12. The third-order valence-electron chi connectivity index (χ3n) is 4.60. The lowest BCUT2D eigenvalue weighted by Crippen LogP contribution is -2.34. The number of hydrogen-bond acceptors (Lipinski definition) is 6. The van der Waals surface area contributed by atoms with Crippen LogP contribution in [0.1, 0.15) is 38.3 Å². The highest BCUT2D eigenvalue weighted by Crippen LogP contribution is 2.37. The Morgan fingerprint density at radius 3 is 2.86 bits per heavy atom. The lowest BCUT2D eigenvalue weighted by molar-refractivity contribution is 0.0363. The first-order chi connectivity index (χ1) is 10.1. The van der Waals surface area contributed by atoms with E-state index in [-0.39, 0.29) is 5.41 Å². The van der Waals surface area contributed by atoms with Crippen LogP contribution in [-0.2, 0) is 4.74 Å². The van der Waals surface area contributed by atoms with Crippen molar-refractivity contribution in [3.63, 3.8) is 0 Å². The van der Waals surface area contributed by atoms with E-state index in [9.17, 15) is 0 Å². The minimum atomic E-state index is 0.275. The van der Waals surface area contributed by atoms with Crippen molar-refractivity contribution in [1.29, 1.82) is 0 Å². The molecule has 0 bridgehead atoms. The van der Waals surface area contributed by atoms with E-state index >= 15 is 0 Å². The third kappa shape index (κ3) is 2.85. The molecule has 1 fully saturated rings. The first-order valence-corrected chi connectivity index (χ1v) is 7.45. The zero-order valence-corrected chi connectivity index (χ0v) is 12.8. The van der Waals surface area contributed by atoms with Crippen LogP contribution in [0.3, 0.4) is 0 Å². The Labute approximate surface area is 124 Å². The molecule has 0 amide bonds. The van der Waals surface area contributed by atoms with Gasteiger partial charge in [0.15, 0.2) is 0 Å². The zero-order valence-electron chi connectivity index (χ0n) is 12.8. The van der Waals surface area contributed by atoms with E-state index in [2.05, 4.69) is 27.4 Å². The quantitative estimate of drug-likeness (QED) is 0.933. The maximum atomic E-state index is 5.45. The molecule has 0 spiro atoms. The Kier molecular flexibility index (Phi) is 3.80. The molecule has 0 radical (unpaired) electrons. The fraction of sp³-hybridized carbons (Fsp3) is 0.667. The van der Waals surface area contributed by atoms with Gasteiger partial charge in [-0.05, 0) is 38.0 Å². The molecule has 114 valence electrons. The van der Waals surface area contributed by atoms with E-state index < -0.39 is 0 Å². The highest BCUT2D eigenvalue weighted by atomic mass is 16.5. The van der Waals surface area contributed by atoms with Crippen molar-refractivity contribution >= 4 is 16.9 Å². The molecule has 2 heterocycles. The summed E-state index contributed by atoms with van der Waals surface area (Å²) >= 11 is 0. The molecule has 1 saturated carbocycles. The second-order valence-corrected chi connectivity index (χ2v) is 6.27. The summed E-state index contributed by atoms with van der Waals surface area (Å²) in [5, 5.41) is 8.30. The molecule has 21 heavy (non-hydrogen) atoms. The number of fused-ring (bicyclic) bond motifs is 1. The van der Waals surface area contributed by atoms with Gasteiger partial charge in [-0.15, -0.1) is 0 Å². The molecule has 0 aromatic carbocycles. The SMILES string of the molecule is COC1CCC(C)(CNc2ncnc3onc(C)c23)CC1. The van der Waals surface area contributed by atoms with Crippen molar-refractivity contribution in [2.75, 3.05) is 19.0 Å². The summed E-state index contributed by atoms with van der Waals surface area (Å²) in [5.74, 6) is 0.814. The number of hydrogen-bond donors (Lipinski definition) is 1. The van der Waals surface area contributed by atoms with Gasteiger partial charge in [0.2, 0.25) is 0 Å². The molecule has 2 aromatic heterocycles. The standard InChI is InChI=1S/C15H22N4O2/c1-10-12-13(17-9-18-14(12)21-19-10)16-8-15(2)6-4-11(20-3)5-7-15/h9,11H,4-8H2,1-3H3,(H,16,17,18). The number of nitrogens with zero attached hydrogens (tertiary/aromatic N) is 3. The number of aromatic nitrogens is 3. The molecule has 0 saturated heterocycles. The summed E-state index contributed by atoms with van der Waals surface area (Å²) in [5.41, 5.74) is 1.64. The van der Waals surface area contributed by atoms with Gasteiger partial charge in [0.05, 0.1) is 11.8 Å².